The lowest BCUT2D eigenvalue weighted by Gasteiger charge is -2.33. The van der Waals surface area contributed by atoms with E-state index >= 15 is 0 Å². The SMILES string of the molecule is N#Cc1cc(N2CCCC(Cn3cncn3)C2)nc2ccc([N+](=O)[O-])cc12. The fraction of sp³-hybridized carbons (Fsp3) is 0.333. The second-order valence-electron chi connectivity index (χ2n) is 6.67. The first-order valence-corrected chi connectivity index (χ1v) is 8.70. The van der Waals surface area contributed by atoms with Crippen LogP contribution in [0.2, 0.25) is 0 Å². The molecule has 27 heavy (non-hydrogen) atoms. The molecule has 0 amide bonds. The van der Waals surface area contributed by atoms with Gasteiger partial charge in [0.15, 0.2) is 0 Å². The van der Waals surface area contributed by atoms with Crippen LogP contribution in [0, 0.1) is 27.4 Å². The molecule has 136 valence electrons. The largest absolute Gasteiger partial charge is 0.356 e. The maximum atomic E-state index is 11.0. The van der Waals surface area contributed by atoms with Gasteiger partial charge in [0.05, 0.1) is 22.1 Å². The standard InChI is InChI=1S/C18H17N7O2/c19-8-14-6-18(22-17-4-3-15(25(26)27)7-16(14)17)23-5-1-2-13(9-23)10-24-12-20-11-21-24/h3-4,6-7,11-13H,1-2,5,9-10H2. The average molecular weight is 363 g/mol. The lowest BCUT2D eigenvalue weighted by atomic mass is 9.98. The number of anilines is 1. The van der Waals surface area contributed by atoms with Gasteiger partial charge in [0, 0.05) is 37.2 Å². The number of nitro groups is 1. The number of fused-ring (bicyclic) bond motifs is 1. The van der Waals surface area contributed by atoms with E-state index in [-0.39, 0.29) is 5.69 Å². The molecule has 0 N–H and O–H groups in total. The third-order valence-corrected chi connectivity index (χ3v) is 4.86. The monoisotopic (exact) mass is 363 g/mol. The van der Waals surface area contributed by atoms with Gasteiger partial charge in [0.25, 0.3) is 5.69 Å². The molecule has 1 aliphatic rings. The van der Waals surface area contributed by atoms with Crippen LogP contribution in [0.3, 0.4) is 0 Å². The van der Waals surface area contributed by atoms with Crippen LogP contribution < -0.4 is 4.90 Å². The highest BCUT2D eigenvalue weighted by Crippen LogP contribution is 2.29. The molecule has 1 aliphatic heterocycles. The van der Waals surface area contributed by atoms with Crippen LogP contribution >= 0.6 is 0 Å². The summed E-state index contributed by atoms with van der Waals surface area (Å²) in [6.07, 6.45) is 5.38. The van der Waals surface area contributed by atoms with Gasteiger partial charge < -0.3 is 4.90 Å². The van der Waals surface area contributed by atoms with Gasteiger partial charge in [-0.05, 0) is 30.9 Å². The van der Waals surface area contributed by atoms with Gasteiger partial charge in [-0.1, -0.05) is 0 Å². The number of aromatic nitrogens is 4. The average Bonchev–Trinajstić information content (AvgIpc) is 3.19. The zero-order valence-corrected chi connectivity index (χ0v) is 14.5. The van der Waals surface area contributed by atoms with Gasteiger partial charge in [-0.2, -0.15) is 10.4 Å². The molecule has 0 radical (unpaired) electrons. The predicted molar refractivity (Wildman–Crippen MR) is 98.1 cm³/mol. The Bertz CT molecular complexity index is 1030. The van der Waals surface area contributed by atoms with Crippen molar-refractivity contribution < 1.29 is 4.92 Å². The molecule has 1 unspecified atom stereocenters. The van der Waals surface area contributed by atoms with E-state index in [0.717, 1.165) is 38.3 Å². The van der Waals surface area contributed by atoms with Crippen molar-refractivity contribution in [1.29, 1.82) is 5.26 Å². The second kappa shape index (κ2) is 6.99. The van der Waals surface area contributed by atoms with Crippen molar-refractivity contribution in [3.05, 3.63) is 52.6 Å². The maximum Gasteiger partial charge on any atom is 0.270 e. The summed E-state index contributed by atoms with van der Waals surface area (Å²) < 4.78 is 1.84. The van der Waals surface area contributed by atoms with Crippen molar-refractivity contribution >= 4 is 22.4 Å². The summed E-state index contributed by atoms with van der Waals surface area (Å²) in [4.78, 5) is 21.4. The van der Waals surface area contributed by atoms with Crippen molar-refractivity contribution in [2.45, 2.75) is 19.4 Å². The Morgan fingerprint density at radius 2 is 2.26 bits per heavy atom. The van der Waals surface area contributed by atoms with Crippen molar-refractivity contribution in [1.82, 2.24) is 19.7 Å². The van der Waals surface area contributed by atoms with Crippen molar-refractivity contribution in [2.75, 3.05) is 18.0 Å². The maximum absolute atomic E-state index is 11.0. The summed E-state index contributed by atoms with van der Waals surface area (Å²) in [5.74, 6) is 1.15. The van der Waals surface area contributed by atoms with Gasteiger partial charge in [-0.3, -0.25) is 14.8 Å². The minimum absolute atomic E-state index is 0.0422. The second-order valence-corrected chi connectivity index (χ2v) is 6.67. The van der Waals surface area contributed by atoms with Crippen LogP contribution in [0.15, 0.2) is 36.9 Å². The molecule has 0 spiro atoms. The number of hydrogen-bond donors (Lipinski definition) is 0. The van der Waals surface area contributed by atoms with E-state index in [2.05, 4.69) is 26.0 Å². The number of hydrogen-bond acceptors (Lipinski definition) is 7. The van der Waals surface area contributed by atoms with Crippen LogP contribution in [0.1, 0.15) is 18.4 Å². The Morgan fingerprint density at radius 3 is 3.00 bits per heavy atom. The first kappa shape index (κ1) is 16.9. The highest BCUT2D eigenvalue weighted by atomic mass is 16.6. The fourth-order valence-electron chi connectivity index (χ4n) is 3.58. The Morgan fingerprint density at radius 1 is 1.37 bits per heavy atom. The number of rotatable bonds is 4. The molecule has 3 heterocycles. The van der Waals surface area contributed by atoms with Crippen LogP contribution in [0.5, 0.6) is 0 Å². The molecule has 1 fully saturated rings. The molecule has 1 aromatic carbocycles. The molecular weight excluding hydrogens is 346 g/mol. The Labute approximate surface area is 155 Å². The molecule has 0 saturated carbocycles. The Hall–Kier alpha value is -3.54. The molecule has 0 bridgehead atoms. The van der Waals surface area contributed by atoms with E-state index in [0.29, 0.717) is 22.4 Å². The van der Waals surface area contributed by atoms with Crippen molar-refractivity contribution in [2.24, 2.45) is 5.92 Å². The third kappa shape index (κ3) is 3.42. The van der Waals surface area contributed by atoms with Crippen LogP contribution in [-0.4, -0.2) is 37.8 Å². The summed E-state index contributed by atoms with van der Waals surface area (Å²) in [6.45, 7) is 2.47. The predicted octanol–water partition coefficient (Wildman–Crippen LogP) is 2.52. The lowest BCUT2D eigenvalue weighted by Crippen LogP contribution is -2.37. The number of nitrogens with zero attached hydrogens (tertiary/aromatic N) is 7. The summed E-state index contributed by atoms with van der Waals surface area (Å²) in [6, 6.07) is 8.32. The summed E-state index contributed by atoms with van der Waals surface area (Å²) in [5.41, 5.74) is 0.949. The molecule has 2 aromatic heterocycles. The summed E-state index contributed by atoms with van der Waals surface area (Å²) >= 11 is 0. The van der Waals surface area contributed by atoms with Gasteiger partial charge in [0.1, 0.15) is 18.5 Å². The first-order chi connectivity index (χ1) is 13.1. The highest BCUT2D eigenvalue weighted by molar-refractivity contribution is 5.88. The number of pyridine rings is 1. The van der Waals surface area contributed by atoms with Crippen molar-refractivity contribution in [3.63, 3.8) is 0 Å². The number of non-ortho nitro benzene ring substituents is 1. The summed E-state index contributed by atoms with van der Waals surface area (Å²) in [5, 5.41) is 25.2. The Balaban J connectivity index is 1.63. The number of piperidine rings is 1. The van der Waals surface area contributed by atoms with Gasteiger partial charge >= 0.3 is 0 Å². The topological polar surface area (TPSA) is 114 Å². The van der Waals surface area contributed by atoms with Gasteiger partial charge in [-0.25, -0.2) is 9.97 Å². The zero-order valence-electron chi connectivity index (χ0n) is 14.5. The Kier molecular flexibility index (Phi) is 4.38. The van der Waals surface area contributed by atoms with Crippen LogP contribution in [0.25, 0.3) is 10.9 Å². The van der Waals surface area contributed by atoms with E-state index < -0.39 is 4.92 Å². The van der Waals surface area contributed by atoms with Crippen molar-refractivity contribution in [3.8, 4) is 6.07 Å². The number of nitro benzene ring substituents is 1. The smallest absolute Gasteiger partial charge is 0.270 e. The molecule has 9 nitrogen and oxygen atoms in total. The number of benzene rings is 1. The van der Waals surface area contributed by atoms with E-state index in [9.17, 15) is 15.4 Å². The van der Waals surface area contributed by atoms with E-state index in [1.165, 1.54) is 18.5 Å². The molecule has 3 aromatic rings. The molecule has 4 rings (SSSR count). The van der Waals surface area contributed by atoms with E-state index in [1.807, 2.05) is 4.68 Å². The normalized spacial score (nSPS) is 17.0. The molecule has 9 heteroatoms. The van der Waals surface area contributed by atoms with Gasteiger partial charge in [-0.15, -0.1) is 0 Å². The van der Waals surface area contributed by atoms with Crippen LogP contribution in [0.4, 0.5) is 11.5 Å². The van der Waals surface area contributed by atoms with Gasteiger partial charge in [0.2, 0.25) is 0 Å². The quantitative estimate of drug-likeness (QED) is 0.517. The minimum atomic E-state index is -0.464. The fourth-order valence-corrected chi connectivity index (χ4v) is 3.58. The highest BCUT2D eigenvalue weighted by Gasteiger charge is 2.23. The minimum Gasteiger partial charge on any atom is -0.356 e. The zero-order chi connectivity index (χ0) is 18.8. The lowest BCUT2D eigenvalue weighted by molar-refractivity contribution is -0.384. The molecule has 1 saturated heterocycles. The first-order valence-electron chi connectivity index (χ1n) is 8.70. The third-order valence-electron chi connectivity index (χ3n) is 4.86. The summed E-state index contributed by atoms with van der Waals surface area (Å²) in [7, 11) is 0. The number of nitriles is 1. The molecular formula is C18H17N7O2. The van der Waals surface area contributed by atoms with E-state index in [4.69, 9.17) is 0 Å². The molecule has 0 aliphatic carbocycles. The van der Waals surface area contributed by atoms with E-state index in [1.54, 1.807) is 18.5 Å². The molecule has 1 atom stereocenters. The van der Waals surface area contributed by atoms with Crippen LogP contribution in [-0.2, 0) is 6.54 Å².